The van der Waals surface area contributed by atoms with E-state index >= 15 is 0 Å². The van der Waals surface area contributed by atoms with Gasteiger partial charge in [0.2, 0.25) is 5.91 Å². The molecule has 0 unspecified atom stereocenters. The summed E-state index contributed by atoms with van der Waals surface area (Å²) in [5.41, 5.74) is 2.61. The molecule has 2 heterocycles. The molecule has 1 N–H and O–H groups in total. The Morgan fingerprint density at radius 3 is 2.64 bits per heavy atom. The molecule has 1 aliphatic heterocycles. The molecule has 0 radical (unpaired) electrons. The highest BCUT2D eigenvalue weighted by atomic mass is 16.5. The summed E-state index contributed by atoms with van der Waals surface area (Å²) >= 11 is 0. The van der Waals surface area contributed by atoms with Gasteiger partial charge in [-0.15, -0.1) is 0 Å². The third-order valence-electron chi connectivity index (χ3n) is 4.89. The number of carbonyl (C=O) groups is 2. The van der Waals surface area contributed by atoms with E-state index in [-0.39, 0.29) is 11.9 Å². The second-order valence-corrected chi connectivity index (χ2v) is 6.87. The standard InChI is InChI=1S/C21H26N4O3/c1-16-13-18(28-2)6-7-19(16)23-21(27)25-10-4-9-24(11-12-25)20(26)14-17-5-3-8-22-15-17/h3,5-8,13,15H,4,9-12,14H2,1-2H3,(H,23,27). The van der Waals surface area contributed by atoms with Crippen molar-refractivity contribution in [3.63, 3.8) is 0 Å². The van der Waals surface area contributed by atoms with Gasteiger partial charge in [0.25, 0.3) is 0 Å². The highest BCUT2D eigenvalue weighted by Crippen LogP contribution is 2.21. The Morgan fingerprint density at radius 2 is 1.93 bits per heavy atom. The summed E-state index contributed by atoms with van der Waals surface area (Å²) < 4.78 is 5.20. The van der Waals surface area contributed by atoms with Crippen LogP contribution in [-0.4, -0.2) is 60.0 Å². The van der Waals surface area contributed by atoms with E-state index in [1.54, 1.807) is 24.4 Å². The van der Waals surface area contributed by atoms with Crippen molar-refractivity contribution < 1.29 is 14.3 Å². The second kappa shape index (κ2) is 9.21. The molecule has 3 amide bonds. The number of nitrogens with zero attached hydrogens (tertiary/aromatic N) is 3. The summed E-state index contributed by atoms with van der Waals surface area (Å²) in [6.07, 6.45) is 4.51. The van der Waals surface area contributed by atoms with Gasteiger partial charge in [0.05, 0.1) is 13.5 Å². The topological polar surface area (TPSA) is 74.8 Å². The predicted octanol–water partition coefficient (Wildman–Crippen LogP) is 2.71. The molecule has 0 aliphatic carbocycles. The Hall–Kier alpha value is -3.09. The summed E-state index contributed by atoms with van der Waals surface area (Å²) in [5, 5.41) is 2.96. The van der Waals surface area contributed by atoms with E-state index < -0.39 is 0 Å². The van der Waals surface area contributed by atoms with Crippen molar-refractivity contribution in [3.05, 3.63) is 53.9 Å². The first-order valence-corrected chi connectivity index (χ1v) is 9.44. The molecule has 1 saturated heterocycles. The first-order valence-electron chi connectivity index (χ1n) is 9.44. The SMILES string of the molecule is COc1ccc(NC(=O)N2CCCN(C(=O)Cc3cccnc3)CC2)c(C)c1. The second-order valence-electron chi connectivity index (χ2n) is 6.87. The summed E-state index contributed by atoms with van der Waals surface area (Å²) in [6, 6.07) is 9.14. The van der Waals surface area contributed by atoms with Crippen LogP contribution in [0.4, 0.5) is 10.5 Å². The number of hydrogen-bond acceptors (Lipinski definition) is 4. The molecule has 2 aromatic rings. The quantitative estimate of drug-likeness (QED) is 0.882. The number of urea groups is 1. The van der Waals surface area contributed by atoms with Gasteiger partial charge in [-0.05, 0) is 48.7 Å². The van der Waals surface area contributed by atoms with Crippen LogP contribution in [0.1, 0.15) is 17.5 Å². The number of aryl methyl sites for hydroxylation is 1. The zero-order valence-corrected chi connectivity index (χ0v) is 16.4. The summed E-state index contributed by atoms with van der Waals surface area (Å²) in [5.74, 6) is 0.828. The molecule has 148 valence electrons. The van der Waals surface area contributed by atoms with Crippen LogP contribution in [0.5, 0.6) is 5.75 Å². The monoisotopic (exact) mass is 382 g/mol. The van der Waals surface area contributed by atoms with Crippen LogP contribution in [0.15, 0.2) is 42.7 Å². The molecule has 0 spiro atoms. The van der Waals surface area contributed by atoms with Gasteiger partial charge in [-0.1, -0.05) is 6.07 Å². The largest absolute Gasteiger partial charge is 0.497 e. The minimum atomic E-state index is -0.144. The number of anilines is 1. The lowest BCUT2D eigenvalue weighted by atomic mass is 10.2. The van der Waals surface area contributed by atoms with Crippen molar-refractivity contribution in [1.82, 2.24) is 14.8 Å². The Labute approximate surface area is 165 Å². The number of ether oxygens (including phenoxy) is 1. The predicted molar refractivity (Wildman–Crippen MR) is 107 cm³/mol. The first-order chi connectivity index (χ1) is 13.6. The van der Waals surface area contributed by atoms with Crippen molar-refractivity contribution in [3.8, 4) is 5.75 Å². The molecular weight excluding hydrogens is 356 g/mol. The van der Waals surface area contributed by atoms with Crippen molar-refractivity contribution in [2.24, 2.45) is 0 Å². The number of aromatic nitrogens is 1. The average Bonchev–Trinajstić information content (AvgIpc) is 2.96. The molecular formula is C21H26N4O3. The van der Waals surface area contributed by atoms with Crippen molar-refractivity contribution in [1.29, 1.82) is 0 Å². The van der Waals surface area contributed by atoms with E-state index in [0.717, 1.165) is 29.0 Å². The molecule has 1 aliphatic rings. The maximum atomic E-state index is 12.7. The number of hydrogen-bond donors (Lipinski definition) is 1. The number of nitrogens with one attached hydrogen (secondary N) is 1. The average molecular weight is 382 g/mol. The number of carbonyl (C=O) groups excluding carboxylic acids is 2. The fourth-order valence-electron chi connectivity index (χ4n) is 3.26. The number of amides is 3. The number of rotatable bonds is 4. The normalized spacial score (nSPS) is 14.4. The molecule has 1 fully saturated rings. The van der Waals surface area contributed by atoms with Gasteiger partial charge in [0.15, 0.2) is 0 Å². The van der Waals surface area contributed by atoms with Gasteiger partial charge in [0.1, 0.15) is 5.75 Å². The van der Waals surface area contributed by atoms with E-state index in [0.29, 0.717) is 32.6 Å². The van der Waals surface area contributed by atoms with Crippen LogP contribution in [0.3, 0.4) is 0 Å². The fourth-order valence-corrected chi connectivity index (χ4v) is 3.26. The number of methoxy groups -OCH3 is 1. The number of benzene rings is 1. The lowest BCUT2D eigenvalue weighted by Crippen LogP contribution is -2.39. The van der Waals surface area contributed by atoms with Crippen LogP contribution in [-0.2, 0) is 11.2 Å². The van der Waals surface area contributed by atoms with Crippen LogP contribution >= 0.6 is 0 Å². The van der Waals surface area contributed by atoms with Gasteiger partial charge in [0, 0.05) is 44.3 Å². The van der Waals surface area contributed by atoms with Crippen LogP contribution in [0.25, 0.3) is 0 Å². The van der Waals surface area contributed by atoms with Gasteiger partial charge in [-0.25, -0.2) is 4.79 Å². The third-order valence-corrected chi connectivity index (χ3v) is 4.89. The molecule has 1 aromatic carbocycles. The Kier molecular flexibility index (Phi) is 6.47. The molecule has 0 bridgehead atoms. The van der Waals surface area contributed by atoms with E-state index in [9.17, 15) is 9.59 Å². The maximum Gasteiger partial charge on any atom is 0.321 e. The molecule has 28 heavy (non-hydrogen) atoms. The van der Waals surface area contributed by atoms with Gasteiger partial charge in [-0.3, -0.25) is 9.78 Å². The lowest BCUT2D eigenvalue weighted by Gasteiger charge is -2.23. The number of pyridine rings is 1. The Morgan fingerprint density at radius 1 is 1.14 bits per heavy atom. The van der Waals surface area contributed by atoms with E-state index in [2.05, 4.69) is 10.3 Å². The van der Waals surface area contributed by atoms with Gasteiger partial charge >= 0.3 is 6.03 Å². The fraction of sp³-hybridized carbons (Fsp3) is 0.381. The lowest BCUT2D eigenvalue weighted by molar-refractivity contribution is -0.130. The molecule has 3 rings (SSSR count). The smallest absolute Gasteiger partial charge is 0.321 e. The Bertz CT molecular complexity index is 826. The van der Waals surface area contributed by atoms with Crippen LogP contribution in [0.2, 0.25) is 0 Å². The van der Waals surface area contributed by atoms with E-state index in [1.165, 1.54) is 0 Å². The van der Waals surface area contributed by atoms with E-state index in [4.69, 9.17) is 4.74 Å². The molecule has 7 heteroatoms. The highest BCUT2D eigenvalue weighted by molar-refractivity contribution is 5.90. The van der Waals surface area contributed by atoms with Gasteiger partial charge in [-0.2, -0.15) is 0 Å². The zero-order valence-electron chi connectivity index (χ0n) is 16.4. The van der Waals surface area contributed by atoms with Gasteiger partial charge < -0.3 is 19.9 Å². The van der Waals surface area contributed by atoms with Crippen LogP contribution in [0, 0.1) is 6.92 Å². The Balaban J connectivity index is 1.55. The van der Waals surface area contributed by atoms with Crippen molar-refractivity contribution in [2.45, 2.75) is 19.8 Å². The minimum absolute atomic E-state index is 0.0706. The van der Waals surface area contributed by atoms with E-state index in [1.807, 2.05) is 42.2 Å². The third kappa shape index (κ3) is 5.00. The van der Waals surface area contributed by atoms with Crippen LogP contribution < -0.4 is 10.1 Å². The maximum absolute atomic E-state index is 12.7. The summed E-state index contributed by atoms with van der Waals surface area (Å²) in [7, 11) is 1.62. The zero-order chi connectivity index (χ0) is 19.9. The van der Waals surface area contributed by atoms with Crippen molar-refractivity contribution >= 4 is 17.6 Å². The summed E-state index contributed by atoms with van der Waals surface area (Å²) in [4.78, 5) is 32.9. The molecule has 7 nitrogen and oxygen atoms in total. The molecule has 0 atom stereocenters. The van der Waals surface area contributed by atoms with Crippen molar-refractivity contribution in [2.75, 3.05) is 38.6 Å². The highest BCUT2D eigenvalue weighted by Gasteiger charge is 2.22. The minimum Gasteiger partial charge on any atom is -0.497 e. The molecule has 0 saturated carbocycles. The molecule has 1 aromatic heterocycles. The first kappa shape index (κ1) is 19.7. The summed E-state index contributed by atoms with van der Waals surface area (Å²) in [6.45, 7) is 4.26.